The summed E-state index contributed by atoms with van der Waals surface area (Å²) in [4.78, 5) is 15.9. The maximum atomic E-state index is 11.9. The second-order valence-electron chi connectivity index (χ2n) is 4.93. The Labute approximate surface area is 107 Å². The van der Waals surface area contributed by atoms with Gasteiger partial charge in [0.15, 0.2) is 0 Å². The van der Waals surface area contributed by atoms with Crippen molar-refractivity contribution in [2.45, 2.75) is 38.1 Å². The number of hydrogen-bond acceptors (Lipinski definition) is 3. The molecule has 1 aromatic rings. The Hall–Kier alpha value is -1.42. The zero-order chi connectivity index (χ0) is 12.8. The SMILES string of the molecule is O=C(Cc1ccncc1)NC1CCCCC1CO. The summed E-state index contributed by atoms with van der Waals surface area (Å²) < 4.78 is 0. The number of carbonyl (C=O) groups is 1. The summed E-state index contributed by atoms with van der Waals surface area (Å²) >= 11 is 0. The number of pyridine rings is 1. The van der Waals surface area contributed by atoms with Crippen LogP contribution in [0.3, 0.4) is 0 Å². The number of aliphatic hydroxyl groups is 1. The van der Waals surface area contributed by atoms with Gasteiger partial charge >= 0.3 is 0 Å². The van der Waals surface area contributed by atoms with Gasteiger partial charge in [0.05, 0.1) is 6.42 Å². The maximum Gasteiger partial charge on any atom is 0.224 e. The van der Waals surface area contributed by atoms with Crippen LogP contribution in [0, 0.1) is 5.92 Å². The molecule has 1 amide bonds. The number of hydrogen-bond donors (Lipinski definition) is 2. The molecule has 2 atom stereocenters. The van der Waals surface area contributed by atoms with E-state index in [-0.39, 0.29) is 24.5 Å². The largest absolute Gasteiger partial charge is 0.396 e. The molecular formula is C14H20N2O2. The molecular weight excluding hydrogens is 228 g/mol. The molecule has 1 fully saturated rings. The second-order valence-corrected chi connectivity index (χ2v) is 4.93. The van der Waals surface area contributed by atoms with Crippen molar-refractivity contribution in [3.8, 4) is 0 Å². The Kier molecular flexibility index (Phi) is 4.70. The lowest BCUT2D eigenvalue weighted by atomic mass is 9.85. The predicted octanol–water partition coefficient (Wildman–Crippen LogP) is 1.29. The molecule has 2 N–H and O–H groups in total. The van der Waals surface area contributed by atoms with Crippen molar-refractivity contribution < 1.29 is 9.90 Å². The van der Waals surface area contributed by atoms with Gasteiger partial charge in [-0.15, -0.1) is 0 Å². The summed E-state index contributed by atoms with van der Waals surface area (Å²) in [5, 5.41) is 12.4. The van der Waals surface area contributed by atoms with Crippen LogP contribution < -0.4 is 5.32 Å². The van der Waals surface area contributed by atoms with Gasteiger partial charge in [0, 0.05) is 31.0 Å². The Morgan fingerprint density at radius 3 is 2.78 bits per heavy atom. The second kappa shape index (κ2) is 6.50. The van der Waals surface area contributed by atoms with E-state index in [4.69, 9.17) is 0 Å². The molecule has 1 aliphatic rings. The highest BCUT2D eigenvalue weighted by Crippen LogP contribution is 2.23. The molecule has 18 heavy (non-hydrogen) atoms. The molecule has 1 aliphatic carbocycles. The van der Waals surface area contributed by atoms with E-state index in [1.54, 1.807) is 12.4 Å². The third-order valence-electron chi connectivity index (χ3n) is 3.60. The van der Waals surface area contributed by atoms with Crippen LogP contribution in [0.25, 0.3) is 0 Å². The van der Waals surface area contributed by atoms with Crippen molar-refractivity contribution in [1.29, 1.82) is 0 Å². The molecule has 1 saturated carbocycles. The predicted molar refractivity (Wildman–Crippen MR) is 68.9 cm³/mol. The number of carbonyl (C=O) groups excluding carboxylic acids is 1. The van der Waals surface area contributed by atoms with Crippen LogP contribution in [0.15, 0.2) is 24.5 Å². The van der Waals surface area contributed by atoms with E-state index >= 15 is 0 Å². The van der Waals surface area contributed by atoms with E-state index in [2.05, 4.69) is 10.3 Å². The first-order chi connectivity index (χ1) is 8.79. The summed E-state index contributed by atoms with van der Waals surface area (Å²) in [6.45, 7) is 0.167. The van der Waals surface area contributed by atoms with Crippen LogP contribution in [0.1, 0.15) is 31.2 Å². The molecule has 98 valence electrons. The fraction of sp³-hybridized carbons (Fsp3) is 0.571. The summed E-state index contributed by atoms with van der Waals surface area (Å²) in [7, 11) is 0. The van der Waals surface area contributed by atoms with Crippen molar-refractivity contribution in [1.82, 2.24) is 10.3 Å². The van der Waals surface area contributed by atoms with Crippen LogP contribution in [-0.4, -0.2) is 28.6 Å². The number of aliphatic hydroxyl groups excluding tert-OH is 1. The van der Waals surface area contributed by atoms with Crippen molar-refractivity contribution >= 4 is 5.91 Å². The van der Waals surface area contributed by atoms with Gasteiger partial charge in [0.25, 0.3) is 0 Å². The number of amides is 1. The number of rotatable bonds is 4. The minimum Gasteiger partial charge on any atom is -0.396 e. The zero-order valence-corrected chi connectivity index (χ0v) is 10.5. The lowest BCUT2D eigenvalue weighted by Crippen LogP contribution is -2.44. The molecule has 4 nitrogen and oxygen atoms in total. The monoisotopic (exact) mass is 248 g/mol. The van der Waals surface area contributed by atoms with E-state index in [0.29, 0.717) is 6.42 Å². The van der Waals surface area contributed by atoms with Crippen LogP contribution in [0.4, 0.5) is 0 Å². The van der Waals surface area contributed by atoms with Crippen molar-refractivity contribution in [3.63, 3.8) is 0 Å². The summed E-state index contributed by atoms with van der Waals surface area (Å²) in [5.74, 6) is 0.256. The highest BCUT2D eigenvalue weighted by atomic mass is 16.3. The minimum atomic E-state index is 0.0338. The minimum absolute atomic E-state index is 0.0338. The van der Waals surface area contributed by atoms with Gasteiger partial charge in [-0.1, -0.05) is 12.8 Å². The van der Waals surface area contributed by atoms with E-state index in [9.17, 15) is 9.90 Å². The molecule has 2 rings (SSSR count). The fourth-order valence-electron chi connectivity index (χ4n) is 2.56. The molecule has 0 saturated heterocycles. The molecule has 0 aromatic carbocycles. The molecule has 0 radical (unpaired) electrons. The molecule has 0 bridgehead atoms. The molecule has 1 aromatic heterocycles. The third kappa shape index (κ3) is 3.53. The normalized spacial score (nSPS) is 23.6. The van der Waals surface area contributed by atoms with Gasteiger partial charge in [-0.25, -0.2) is 0 Å². The Bertz CT molecular complexity index is 381. The first-order valence-electron chi connectivity index (χ1n) is 6.58. The first-order valence-corrected chi connectivity index (χ1v) is 6.58. The van der Waals surface area contributed by atoms with Crippen LogP contribution in [0.2, 0.25) is 0 Å². The van der Waals surface area contributed by atoms with Crippen LogP contribution >= 0.6 is 0 Å². The Morgan fingerprint density at radius 1 is 1.33 bits per heavy atom. The van der Waals surface area contributed by atoms with Crippen molar-refractivity contribution in [3.05, 3.63) is 30.1 Å². The average molecular weight is 248 g/mol. The van der Waals surface area contributed by atoms with Crippen LogP contribution in [0.5, 0.6) is 0 Å². The van der Waals surface area contributed by atoms with Gasteiger partial charge < -0.3 is 10.4 Å². The van der Waals surface area contributed by atoms with Crippen LogP contribution in [-0.2, 0) is 11.2 Å². The average Bonchev–Trinajstić information content (AvgIpc) is 2.40. The first kappa shape index (κ1) is 13.0. The molecule has 1 heterocycles. The fourth-order valence-corrected chi connectivity index (χ4v) is 2.56. The third-order valence-corrected chi connectivity index (χ3v) is 3.60. The highest BCUT2D eigenvalue weighted by molar-refractivity contribution is 5.78. The quantitative estimate of drug-likeness (QED) is 0.844. The van der Waals surface area contributed by atoms with Gasteiger partial charge in [-0.2, -0.15) is 0 Å². The summed E-state index contributed by atoms with van der Waals surface area (Å²) in [5.41, 5.74) is 0.971. The standard InChI is InChI=1S/C14H20N2O2/c17-10-12-3-1-2-4-13(12)16-14(18)9-11-5-7-15-8-6-11/h5-8,12-13,17H,1-4,9-10H2,(H,16,18). The molecule has 2 unspecified atom stereocenters. The maximum absolute atomic E-state index is 11.9. The lowest BCUT2D eigenvalue weighted by molar-refractivity contribution is -0.121. The number of aromatic nitrogens is 1. The highest BCUT2D eigenvalue weighted by Gasteiger charge is 2.25. The number of nitrogens with one attached hydrogen (secondary N) is 1. The molecule has 0 aliphatic heterocycles. The molecule has 4 heteroatoms. The van der Waals surface area contributed by atoms with Gasteiger partial charge in [0.2, 0.25) is 5.91 Å². The smallest absolute Gasteiger partial charge is 0.224 e. The topological polar surface area (TPSA) is 62.2 Å². The summed E-state index contributed by atoms with van der Waals surface area (Å²) in [6, 6.07) is 3.84. The Balaban J connectivity index is 1.86. The Morgan fingerprint density at radius 2 is 2.06 bits per heavy atom. The molecule has 0 spiro atoms. The van der Waals surface area contributed by atoms with E-state index in [1.807, 2.05) is 12.1 Å². The van der Waals surface area contributed by atoms with E-state index < -0.39 is 0 Å². The number of nitrogens with zero attached hydrogens (tertiary/aromatic N) is 1. The van der Waals surface area contributed by atoms with Gasteiger partial charge in [-0.3, -0.25) is 9.78 Å². The summed E-state index contributed by atoms with van der Waals surface area (Å²) in [6.07, 6.45) is 8.05. The lowest BCUT2D eigenvalue weighted by Gasteiger charge is -2.30. The van der Waals surface area contributed by atoms with Gasteiger partial charge in [-0.05, 0) is 30.5 Å². The van der Waals surface area contributed by atoms with Gasteiger partial charge in [0.1, 0.15) is 0 Å². The zero-order valence-electron chi connectivity index (χ0n) is 10.5. The van der Waals surface area contributed by atoms with Crippen molar-refractivity contribution in [2.24, 2.45) is 5.92 Å². The van der Waals surface area contributed by atoms with E-state index in [0.717, 1.165) is 31.2 Å². The van der Waals surface area contributed by atoms with Crippen molar-refractivity contribution in [2.75, 3.05) is 6.61 Å². The van der Waals surface area contributed by atoms with E-state index in [1.165, 1.54) is 0 Å².